The van der Waals surface area contributed by atoms with Crippen LogP contribution in [0.3, 0.4) is 0 Å². The monoisotopic (exact) mass is 213 g/mol. The van der Waals surface area contributed by atoms with E-state index >= 15 is 0 Å². The molecular weight excluding hydrogens is 202 g/mol. The molecule has 0 aliphatic rings. The van der Waals surface area contributed by atoms with Gasteiger partial charge < -0.3 is 5.11 Å². The van der Waals surface area contributed by atoms with Crippen LogP contribution < -0.4 is 0 Å². The van der Waals surface area contributed by atoms with Crippen molar-refractivity contribution in [3.8, 4) is 0 Å². The Kier molecular flexibility index (Phi) is 3.03. The van der Waals surface area contributed by atoms with E-state index in [-0.39, 0.29) is 17.4 Å². The molecule has 0 fully saturated rings. The zero-order valence-corrected chi connectivity index (χ0v) is 8.38. The normalized spacial score (nSPS) is 10.6. The van der Waals surface area contributed by atoms with Crippen molar-refractivity contribution in [2.75, 3.05) is 0 Å². The third-order valence-electron chi connectivity index (χ3n) is 1.83. The predicted octanol–water partition coefficient (Wildman–Crippen LogP) is 0.999. The molecular formula is C8H11N3O4. The summed E-state index contributed by atoms with van der Waals surface area (Å²) in [7, 11) is 0. The maximum Gasteiger partial charge on any atom is 0.310 e. The van der Waals surface area contributed by atoms with Gasteiger partial charge in [0.1, 0.15) is 6.20 Å². The van der Waals surface area contributed by atoms with Crippen molar-refractivity contribution in [2.24, 2.45) is 0 Å². The summed E-state index contributed by atoms with van der Waals surface area (Å²) in [5.41, 5.74) is -0.257. The van der Waals surface area contributed by atoms with E-state index in [0.29, 0.717) is 0 Å². The molecule has 0 atom stereocenters. The minimum atomic E-state index is -1.13. The molecule has 0 amide bonds. The van der Waals surface area contributed by atoms with Crippen molar-refractivity contribution in [1.82, 2.24) is 9.78 Å². The van der Waals surface area contributed by atoms with Gasteiger partial charge in [0.05, 0.1) is 11.3 Å². The highest BCUT2D eigenvalue weighted by molar-refractivity contribution is 5.71. The topological polar surface area (TPSA) is 98.3 Å². The van der Waals surface area contributed by atoms with Crippen LogP contribution in [0.5, 0.6) is 0 Å². The Hall–Kier alpha value is -1.92. The molecule has 0 saturated carbocycles. The predicted molar refractivity (Wildman–Crippen MR) is 50.6 cm³/mol. The Bertz CT molecular complexity index is 397. The van der Waals surface area contributed by atoms with E-state index in [2.05, 4.69) is 5.10 Å². The Labute approximate surface area is 85.5 Å². The largest absolute Gasteiger partial charge is 0.481 e. The fourth-order valence-corrected chi connectivity index (χ4v) is 1.11. The molecule has 0 unspecified atom stereocenters. The van der Waals surface area contributed by atoms with Gasteiger partial charge in [0.15, 0.2) is 5.69 Å². The quantitative estimate of drug-likeness (QED) is 0.594. The number of carbonyl (C=O) groups is 1. The molecule has 1 heterocycles. The molecule has 1 aromatic heterocycles. The summed E-state index contributed by atoms with van der Waals surface area (Å²) in [6.45, 7) is 3.61. The van der Waals surface area contributed by atoms with Gasteiger partial charge in [0.2, 0.25) is 0 Å². The molecule has 1 N–H and O–H groups in total. The summed E-state index contributed by atoms with van der Waals surface area (Å²) in [5.74, 6) is -1.13. The van der Waals surface area contributed by atoms with E-state index in [0.717, 1.165) is 0 Å². The van der Waals surface area contributed by atoms with Crippen molar-refractivity contribution in [2.45, 2.75) is 26.3 Å². The maximum absolute atomic E-state index is 10.6. The van der Waals surface area contributed by atoms with E-state index < -0.39 is 17.3 Å². The molecule has 0 aromatic carbocycles. The van der Waals surface area contributed by atoms with Crippen LogP contribution in [0, 0.1) is 10.1 Å². The van der Waals surface area contributed by atoms with Crippen molar-refractivity contribution < 1.29 is 14.8 Å². The summed E-state index contributed by atoms with van der Waals surface area (Å²) < 4.78 is 1.39. The number of nitrogens with zero attached hydrogens (tertiary/aromatic N) is 3. The molecule has 1 aromatic rings. The number of carboxylic acids is 1. The number of aromatic nitrogens is 2. The van der Waals surface area contributed by atoms with Crippen molar-refractivity contribution >= 4 is 11.7 Å². The van der Waals surface area contributed by atoms with E-state index in [1.54, 1.807) is 13.8 Å². The van der Waals surface area contributed by atoms with Gasteiger partial charge in [-0.1, -0.05) is 0 Å². The van der Waals surface area contributed by atoms with Crippen LogP contribution in [-0.4, -0.2) is 25.8 Å². The number of hydrogen-bond acceptors (Lipinski definition) is 4. The lowest BCUT2D eigenvalue weighted by molar-refractivity contribution is -0.385. The number of rotatable bonds is 4. The highest BCUT2D eigenvalue weighted by Gasteiger charge is 2.22. The number of carboxylic acid groups (broad SMARTS) is 1. The Morgan fingerprint density at radius 1 is 1.73 bits per heavy atom. The molecule has 0 aliphatic heterocycles. The second-order valence-corrected chi connectivity index (χ2v) is 3.36. The van der Waals surface area contributed by atoms with Gasteiger partial charge in [-0.15, -0.1) is 0 Å². The lowest BCUT2D eigenvalue weighted by atomic mass is 10.3. The fraction of sp³-hybridized carbons (Fsp3) is 0.500. The molecule has 0 radical (unpaired) electrons. The van der Waals surface area contributed by atoms with Gasteiger partial charge in [0, 0.05) is 6.04 Å². The van der Waals surface area contributed by atoms with E-state index in [1.165, 1.54) is 10.9 Å². The first-order valence-electron chi connectivity index (χ1n) is 4.36. The third-order valence-corrected chi connectivity index (χ3v) is 1.83. The molecule has 15 heavy (non-hydrogen) atoms. The van der Waals surface area contributed by atoms with Gasteiger partial charge in [0.25, 0.3) is 0 Å². The SMILES string of the molecule is CC(C)n1cc([N+](=O)[O-])c(CC(=O)O)n1. The average Bonchev–Trinajstić information content (AvgIpc) is 2.46. The first-order chi connectivity index (χ1) is 6.91. The zero-order valence-electron chi connectivity index (χ0n) is 8.38. The van der Waals surface area contributed by atoms with E-state index in [4.69, 9.17) is 5.11 Å². The van der Waals surface area contributed by atoms with Crippen LogP contribution in [-0.2, 0) is 11.2 Å². The van der Waals surface area contributed by atoms with Gasteiger partial charge in [-0.3, -0.25) is 19.6 Å². The summed E-state index contributed by atoms with van der Waals surface area (Å²) in [6, 6.07) is -0.0359. The molecule has 0 aliphatic carbocycles. The molecule has 7 heteroatoms. The summed E-state index contributed by atoms with van der Waals surface area (Å²) >= 11 is 0. The second-order valence-electron chi connectivity index (χ2n) is 3.36. The Morgan fingerprint density at radius 2 is 2.33 bits per heavy atom. The van der Waals surface area contributed by atoms with Crippen molar-refractivity contribution in [3.05, 3.63) is 22.0 Å². The van der Waals surface area contributed by atoms with E-state index in [1.807, 2.05) is 0 Å². The Morgan fingerprint density at radius 3 is 2.73 bits per heavy atom. The average molecular weight is 213 g/mol. The number of aliphatic carboxylic acids is 1. The molecule has 0 saturated heterocycles. The summed E-state index contributed by atoms with van der Waals surface area (Å²) in [6.07, 6.45) is 0.818. The van der Waals surface area contributed by atoms with Gasteiger partial charge in [-0.2, -0.15) is 5.10 Å². The van der Waals surface area contributed by atoms with Crippen LogP contribution in [0.1, 0.15) is 25.6 Å². The Balaban J connectivity index is 3.11. The highest BCUT2D eigenvalue weighted by Crippen LogP contribution is 2.19. The molecule has 7 nitrogen and oxygen atoms in total. The molecule has 0 spiro atoms. The molecule has 82 valence electrons. The standard InChI is InChI=1S/C8H11N3O4/c1-5(2)10-4-7(11(14)15)6(9-10)3-8(12)13/h4-5H,3H2,1-2H3,(H,12,13). The minimum Gasteiger partial charge on any atom is -0.481 e. The lowest BCUT2D eigenvalue weighted by Gasteiger charge is -2.01. The smallest absolute Gasteiger partial charge is 0.310 e. The third kappa shape index (κ3) is 2.52. The first kappa shape index (κ1) is 11.2. The lowest BCUT2D eigenvalue weighted by Crippen LogP contribution is -2.05. The minimum absolute atomic E-state index is 0.0128. The summed E-state index contributed by atoms with van der Waals surface area (Å²) in [5, 5.41) is 23.0. The van der Waals surface area contributed by atoms with Gasteiger partial charge in [-0.25, -0.2) is 0 Å². The van der Waals surface area contributed by atoms with Crippen LogP contribution in [0.4, 0.5) is 5.69 Å². The van der Waals surface area contributed by atoms with Gasteiger partial charge >= 0.3 is 11.7 Å². The van der Waals surface area contributed by atoms with Crippen LogP contribution in [0.15, 0.2) is 6.20 Å². The van der Waals surface area contributed by atoms with Crippen molar-refractivity contribution in [1.29, 1.82) is 0 Å². The molecule has 0 bridgehead atoms. The van der Waals surface area contributed by atoms with Crippen LogP contribution in [0.2, 0.25) is 0 Å². The maximum atomic E-state index is 10.6. The number of nitro groups is 1. The first-order valence-corrected chi connectivity index (χ1v) is 4.36. The molecule has 1 rings (SSSR count). The zero-order chi connectivity index (χ0) is 11.6. The second kappa shape index (κ2) is 4.07. The number of hydrogen-bond donors (Lipinski definition) is 1. The highest BCUT2D eigenvalue weighted by atomic mass is 16.6. The summed E-state index contributed by atoms with van der Waals surface area (Å²) in [4.78, 5) is 20.4. The van der Waals surface area contributed by atoms with E-state index in [9.17, 15) is 14.9 Å². The van der Waals surface area contributed by atoms with Gasteiger partial charge in [-0.05, 0) is 13.8 Å². The fourth-order valence-electron chi connectivity index (χ4n) is 1.11. The van der Waals surface area contributed by atoms with Crippen LogP contribution in [0.25, 0.3) is 0 Å². The van der Waals surface area contributed by atoms with Crippen LogP contribution >= 0.6 is 0 Å². The van der Waals surface area contributed by atoms with Crippen molar-refractivity contribution in [3.63, 3.8) is 0 Å².